The summed E-state index contributed by atoms with van der Waals surface area (Å²) in [6, 6.07) is 18.0. The molecule has 2 aliphatic rings. The van der Waals surface area contributed by atoms with Gasteiger partial charge in [0.05, 0.1) is 6.54 Å². The zero-order valence-electron chi connectivity index (χ0n) is 15.2. The van der Waals surface area contributed by atoms with E-state index in [9.17, 15) is 5.11 Å². The van der Waals surface area contributed by atoms with Gasteiger partial charge < -0.3 is 5.11 Å². The molecule has 26 heavy (non-hydrogen) atoms. The number of anilines is 1. The Kier molecular flexibility index (Phi) is 4.76. The summed E-state index contributed by atoms with van der Waals surface area (Å²) in [5.41, 5.74) is 0.855. The van der Waals surface area contributed by atoms with Crippen molar-refractivity contribution < 1.29 is 9.68 Å². The average Bonchev–Trinajstić information content (AvgIpc) is 2.79. The SMILES string of the molecule is CC[C@@H]1[N+]2=C(CCCCC2)N(c2ccccc2)[C@]1(O)c1ccc(Cl)cc1. The van der Waals surface area contributed by atoms with E-state index in [1.54, 1.807) is 0 Å². The van der Waals surface area contributed by atoms with Crippen LogP contribution in [0.5, 0.6) is 0 Å². The van der Waals surface area contributed by atoms with Crippen LogP contribution in [0.3, 0.4) is 0 Å². The van der Waals surface area contributed by atoms with Gasteiger partial charge in [-0.3, -0.25) is 4.58 Å². The zero-order valence-corrected chi connectivity index (χ0v) is 16.0. The second kappa shape index (κ2) is 7.05. The van der Waals surface area contributed by atoms with Gasteiger partial charge >= 0.3 is 0 Å². The quantitative estimate of drug-likeness (QED) is 0.789. The standard InChI is InChI=1S/C22H26ClN2O/c1-2-20-22(26,17-12-14-18(23)15-13-17)25(19-9-5-3-6-10-19)21-11-7-4-8-16-24(20)21/h3,5-6,9-10,12-15,20,26H,2,4,7-8,11,16H2,1H3/q+1/t20-,22-/m0/s1. The van der Waals surface area contributed by atoms with Gasteiger partial charge in [0, 0.05) is 17.0 Å². The molecule has 2 atom stereocenters. The van der Waals surface area contributed by atoms with Crippen LogP contribution in [0.2, 0.25) is 5.02 Å². The van der Waals surface area contributed by atoms with Gasteiger partial charge in [0.1, 0.15) is 5.69 Å². The highest BCUT2D eigenvalue weighted by Gasteiger charge is 2.60. The summed E-state index contributed by atoms with van der Waals surface area (Å²) in [5.74, 6) is 1.25. The van der Waals surface area contributed by atoms with Crippen molar-refractivity contribution in [1.82, 2.24) is 0 Å². The third-order valence-electron chi connectivity index (χ3n) is 5.74. The fraction of sp³-hybridized carbons (Fsp3) is 0.409. The monoisotopic (exact) mass is 369 g/mol. The number of para-hydroxylation sites is 1. The van der Waals surface area contributed by atoms with E-state index in [0.29, 0.717) is 5.02 Å². The number of benzene rings is 2. The fourth-order valence-electron chi connectivity index (χ4n) is 4.60. The van der Waals surface area contributed by atoms with Crippen molar-refractivity contribution in [1.29, 1.82) is 0 Å². The number of amidine groups is 1. The van der Waals surface area contributed by atoms with E-state index in [1.807, 2.05) is 42.5 Å². The Bertz CT molecular complexity index is 803. The maximum Gasteiger partial charge on any atom is 0.278 e. The van der Waals surface area contributed by atoms with Gasteiger partial charge in [-0.1, -0.05) is 48.9 Å². The number of nitrogens with zero attached hydrogens (tertiary/aromatic N) is 2. The van der Waals surface area contributed by atoms with Gasteiger partial charge in [-0.2, -0.15) is 4.90 Å². The molecule has 136 valence electrons. The summed E-state index contributed by atoms with van der Waals surface area (Å²) in [4.78, 5) is 2.18. The molecule has 0 aliphatic carbocycles. The predicted octanol–water partition coefficient (Wildman–Crippen LogP) is 4.77. The first-order valence-electron chi connectivity index (χ1n) is 9.62. The molecule has 4 heteroatoms. The van der Waals surface area contributed by atoms with Gasteiger partial charge in [0.2, 0.25) is 0 Å². The maximum atomic E-state index is 12.2. The molecule has 2 heterocycles. The highest BCUT2D eigenvalue weighted by molar-refractivity contribution is 6.30. The first-order chi connectivity index (χ1) is 12.7. The summed E-state index contributed by atoms with van der Waals surface area (Å²) in [6.07, 6.45) is 5.48. The molecule has 4 rings (SSSR count). The summed E-state index contributed by atoms with van der Waals surface area (Å²) in [6.45, 7) is 3.18. The Morgan fingerprint density at radius 3 is 2.50 bits per heavy atom. The van der Waals surface area contributed by atoms with Crippen LogP contribution in [0, 0.1) is 0 Å². The number of halogens is 1. The van der Waals surface area contributed by atoms with Crippen molar-refractivity contribution >= 4 is 23.1 Å². The Hall–Kier alpha value is -1.84. The predicted molar refractivity (Wildman–Crippen MR) is 107 cm³/mol. The van der Waals surface area contributed by atoms with E-state index in [1.165, 1.54) is 25.1 Å². The van der Waals surface area contributed by atoms with Gasteiger partial charge in [-0.25, -0.2) is 0 Å². The normalized spacial score (nSPS) is 26.0. The van der Waals surface area contributed by atoms with Crippen LogP contribution in [0.15, 0.2) is 54.6 Å². The summed E-state index contributed by atoms with van der Waals surface area (Å²) in [5, 5.41) is 12.9. The number of rotatable bonds is 3. The van der Waals surface area contributed by atoms with Crippen molar-refractivity contribution in [2.45, 2.75) is 50.8 Å². The first-order valence-corrected chi connectivity index (χ1v) is 10.00. The lowest BCUT2D eigenvalue weighted by atomic mass is 9.91. The van der Waals surface area contributed by atoms with Crippen molar-refractivity contribution in [2.75, 3.05) is 11.4 Å². The van der Waals surface area contributed by atoms with Crippen molar-refractivity contribution in [3.05, 3.63) is 65.2 Å². The highest BCUT2D eigenvalue weighted by atomic mass is 35.5. The molecule has 0 bridgehead atoms. The molecule has 0 amide bonds. The summed E-state index contributed by atoms with van der Waals surface area (Å²) >= 11 is 6.12. The third kappa shape index (κ3) is 2.74. The van der Waals surface area contributed by atoms with E-state index in [0.717, 1.165) is 30.6 Å². The molecule has 1 N–H and O–H groups in total. The van der Waals surface area contributed by atoms with E-state index < -0.39 is 5.72 Å². The van der Waals surface area contributed by atoms with Crippen LogP contribution in [0.4, 0.5) is 5.69 Å². The van der Waals surface area contributed by atoms with Crippen LogP contribution < -0.4 is 4.90 Å². The molecule has 2 aromatic rings. The van der Waals surface area contributed by atoms with E-state index in [4.69, 9.17) is 11.6 Å². The topological polar surface area (TPSA) is 26.5 Å². The van der Waals surface area contributed by atoms with Crippen molar-refractivity contribution in [3.63, 3.8) is 0 Å². The van der Waals surface area contributed by atoms with E-state index >= 15 is 0 Å². The summed E-state index contributed by atoms with van der Waals surface area (Å²) in [7, 11) is 0. The van der Waals surface area contributed by atoms with Crippen LogP contribution in [-0.2, 0) is 5.72 Å². The lowest BCUT2D eigenvalue weighted by Crippen LogP contribution is -2.52. The minimum atomic E-state index is -1.09. The van der Waals surface area contributed by atoms with Gasteiger partial charge in [0.15, 0.2) is 6.04 Å². The van der Waals surface area contributed by atoms with Crippen LogP contribution in [-0.4, -0.2) is 28.1 Å². The second-order valence-electron chi connectivity index (χ2n) is 7.25. The Morgan fingerprint density at radius 1 is 1.08 bits per heavy atom. The van der Waals surface area contributed by atoms with Crippen LogP contribution >= 0.6 is 11.6 Å². The molecule has 3 nitrogen and oxygen atoms in total. The van der Waals surface area contributed by atoms with Crippen molar-refractivity contribution in [3.8, 4) is 0 Å². The van der Waals surface area contributed by atoms with Gasteiger partial charge in [-0.15, -0.1) is 0 Å². The maximum absolute atomic E-state index is 12.2. The van der Waals surface area contributed by atoms with E-state index in [2.05, 4.69) is 28.5 Å². The summed E-state index contributed by atoms with van der Waals surface area (Å²) < 4.78 is 2.45. The minimum Gasteiger partial charge on any atom is -0.346 e. The highest BCUT2D eigenvalue weighted by Crippen LogP contribution is 2.43. The minimum absolute atomic E-state index is 0.0250. The first kappa shape index (κ1) is 17.6. The molecule has 0 unspecified atom stereocenters. The second-order valence-corrected chi connectivity index (χ2v) is 7.68. The van der Waals surface area contributed by atoms with Gasteiger partial charge in [0.25, 0.3) is 11.6 Å². The zero-order chi connectivity index (χ0) is 18.1. The Labute approximate surface area is 160 Å². The molecule has 0 aromatic heterocycles. The fourth-order valence-corrected chi connectivity index (χ4v) is 4.72. The van der Waals surface area contributed by atoms with E-state index in [-0.39, 0.29) is 6.04 Å². The number of hydrogen-bond acceptors (Lipinski definition) is 2. The molecule has 0 radical (unpaired) electrons. The van der Waals surface area contributed by atoms with Crippen molar-refractivity contribution in [2.24, 2.45) is 0 Å². The molecule has 0 spiro atoms. The van der Waals surface area contributed by atoms with Gasteiger partial charge in [-0.05, 0) is 49.9 Å². The lowest BCUT2D eigenvalue weighted by molar-refractivity contribution is -0.575. The lowest BCUT2D eigenvalue weighted by Gasteiger charge is -2.33. The smallest absolute Gasteiger partial charge is 0.278 e. The molecule has 2 aliphatic heterocycles. The van der Waals surface area contributed by atoms with Crippen LogP contribution in [0.1, 0.15) is 44.6 Å². The Morgan fingerprint density at radius 2 is 1.81 bits per heavy atom. The van der Waals surface area contributed by atoms with Crippen LogP contribution in [0.25, 0.3) is 0 Å². The molecular weight excluding hydrogens is 344 g/mol. The molecule has 0 fully saturated rings. The average molecular weight is 370 g/mol. The molecule has 2 aromatic carbocycles. The molecular formula is C22H26ClN2O+. The number of hydrogen-bond donors (Lipinski definition) is 1. The third-order valence-corrected chi connectivity index (χ3v) is 5.99. The Balaban J connectivity index is 1.91. The molecule has 0 saturated heterocycles. The number of aliphatic hydroxyl groups is 1. The molecule has 0 saturated carbocycles. The largest absolute Gasteiger partial charge is 0.346 e.